The molecule has 1 aliphatic rings. The van der Waals surface area contributed by atoms with Crippen LogP contribution in [-0.2, 0) is 14.3 Å². The fourth-order valence-corrected chi connectivity index (χ4v) is 3.37. The molecule has 1 unspecified atom stereocenters. The van der Waals surface area contributed by atoms with Crippen molar-refractivity contribution in [2.24, 2.45) is 5.92 Å². The standard InChI is InChI=1S/C23H24N2O5/c1-15(2)12-19(16-8-4-3-5-9-16)24-20(26)14-30-21(27)13-25-22(28)17-10-6-7-11-18(17)23(25)29/h3-11,15,19H,12-14H2,1-2H3,(H,24,26). The predicted octanol–water partition coefficient (Wildman–Crippen LogP) is 2.73. The number of imide groups is 1. The van der Waals surface area contributed by atoms with Crippen LogP contribution in [0.25, 0.3) is 0 Å². The van der Waals surface area contributed by atoms with E-state index < -0.39 is 36.8 Å². The molecule has 3 amide bonds. The first-order chi connectivity index (χ1) is 14.4. The van der Waals surface area contributed by atoms with Gasteiger partial charge in [0.2, 0.25) is 0 Å². The Balaban J connectivity index is 1.54. The van der Waals surface area contributed by atoms with Gasteiger partial charge in [-0.05, 0) is 30.0 Å². The van der Waals surface area contributed by atoms with Crippen LogP contribution in [0.15, 0.2) is 54.6 Å². The summed E-state index contributed by atoms with van der Waals surface area (Å²) in [6.45, 7) is 3.10. The number of nitrogens with one attached hydrogen (secondary N) is 1. The number of hydrogen-bond donors (Lipinski definition) is 1. The number of benzene rings is 2. The monoisotopic (exact) mass is 408 g/mol. The fraction of sp³-hybridized carbons (Fsp3) is 0.304. The predicted molar refractivity (Wildman–Crippen MR) is 110 cm³/mol. The summed E-state index contributed by atoms with van der Waals surface area (Å²) in [4.78, 5) is 49.9. The number of carbonyl (C=O) groups excluding carboxylic acids is 4. The first-order valence-electron chi connectivity index (χ1n) is 9.82. The Morgan fingerprint density at radius 3 is 2.07 bits per heavy atom. The quantitative estimate of drug-likeness (QED) is 0.536. The average molecular weight is 408 g/mol. The second-order valence-corrected chi connectivity index (χ2v) is 7.56. The van der Waals surface area contributed by atoms with Crippen molar-refractivity contribution >= 4 is 23.7 Å². The number of ether oxygens (including phenoxy) is 1. The molecule has 0 fully saturated rings. The Hall–Kier alpha value is -3.48. The molecule has 0 saturated carbocycles. The summed E-state index contributed by atoms with van der Waals surface area (Å²) in [6, 6.07) is 15.7. The van der Waals surface area contributed by atoms with Crippen LogP contribution in [0.3, 0.4) is 0 Å². The van der Waals surface area contributed by atoms with Gasteiger partial charge < -0.3 is 10.1 Å². The zero-order valence-electron chi connectivity index (χ0n) is 17.0. The van der Waals surface area contributed by atoms with E-state index in [0.29, 0.717) is 5.92 Å². The first-order valence-corrected chi connectivity index (χ1v) is 9.82. The van der Waals surface area contributed by atoms with Crippen LogP contribution in [0.4, 0.5) is 0 Å². The lowest BCUT2D eigenvalue weighted by atomic mass is 9.97. The van der Waals surface area contributed by atoms with Gasteiger partial charge >= 0.3 is 5.97 Å². The maximum atomic E-state index is 12.3. The van der Waals surface area contributed by atoms with Crippen LogP contribution in [-0.4, -0.2) is 41.7 Å². The highest BCUT2D eigenvalue weighted by Crippen LogP contribution is 2.22. The molecule has 0 radical (unpaired) electrons. The number of rotatable bonds is 8. The molecular formula is C23H24N2O5. The van der Waals surface area contributed by atoms with E-state index in [9.17, 15) is 19.2 Å². The Bertz CT molecular complexity index is 920. The smallest absolute Gasteiger partial charge is 0.326 e. The van der Waals surface area contributed by atoms with Crippen molar-refractivity contribution in [3.63, 3.8) is 0 Å². The molecule has 0 aliphatic carbocycles. The van der Waals surface area contributed by atoms with Crippen molar-refractivity contribution in [1.29, 1.82) is 0 Å². The van der Waals surface area contributed by atoms with Crippen LogP contribution in [0, 0.1) is 5.92 Å². The Labute approximate surface area is 175 Å². The lowest BCUT2D eigenvalue weighted by Crippen LogP contribution is -2.38. The minimum Gasteiger partial charge on any atom is -0.454 e. The lowest BCUT2D eigenvalue weighted by Gasteiger charge is -2.21. The normalized spacial score (nSPS) is 13.9. The Kier molecular flexibility index (Phi) is 6.61. The molecule has 7 nitrogen and oxygen atoms in total. The van der Waals surface area contributed by atoms with Gasteiger partial charge in [0.05, 0.1) is 17.2 Å². The molecule has 0 saturated heterocycles. The molecule has 156 valence electrons. The number of fused-ring (bicyclic) bond motifs is 1. The summed E-state index contributed by atoms with van der Waals surface area (Å²) in [5, 5.41) is 2.88. The molecular weight excluding hydrogens is 384 g/mol. The first kappa shape index (κ1) is 21.2. The van der Waals surface area contributed by atoms with Crippen molar-refractivity contribution in [2.45, 2.75) is 26.3 Å². The molecule has 7 heteroatoms. The molecule has 2 aromatic carbocycles. The van der Waals surface area contributed by atoms with E-state index in [1.165, 1.54) is 12.1 Å². The minimum atomic E-state index is -0.820. The molecule has 0 spiro atoms. The van der Waals surface area contributed by atoms with E-state index in [-0.39, 0.29) is 17.2 Å². The molecule has 1 heterocycles. The van der Waals surface area contributed by atoms with Crippen LogP contribution >= 0.6 is 0 Å². The summed E-state index contributed by atoms with van der Waals surface area (Å²) in [5.41, 5.74) is 1.48. The van der Waals surface area contributed by atoms with E-state index in [0.717, 1.165) is 16.9 Å². The second-order valence-electron chi connectivity index (χ2n) is 7.56. The molecule has 1 N–H and O–H groups in total. The zero-order chi connectivity index (χ0) is 21.7. The number of hydrogen-bond acceptors (Lipinski definition) is 5. The van der Waals surface area contributed by atoms with Gasteiger partial charge in [-0.15, -0.1) is 0 Å². The Morgan fingerprint density at radius 2 is 1.50 bits per heavy atom. The van der Waals surface area contributed by atoms with Crippen molar-refractivity contribution in [3.8, 4) is 0 Å². The van der Waals surface area contributed by atoms with Gasteiger partial charge in [-0.1, -0.05) is 56.3 Å². The van der Waals surface area contributed by atoms with E-state index in [1.807, 2.05) is 30.3 Å². The van der Waals surface area contributed by atoms with Crippen molar-refractivity contribution in [2.75, 3.05) is 13.2 Å². The molecule has 0 aromatic heterocycles. The maximum absolute atomic E-state index is 12.3. The van der Waals surface area contributed by atoms with Crippen LogP contribution in [0.1, 0.15) is 52.6 Å². The summed E-state index contributed by atoms with van der Waals surface area (Å²) >= 11 is 0. The number of esters is 1. The van der Waals surface area contributed by atoms with Crippen molar-refractivity contribution in [3.05, 3.63) is 71.3 Å². The van der Waals surface area contributed by atoms with Gasteiger partial charge in [-0.2, -0.15) is 0 Å². The highest BCUT2D eigenvalue weighted by atomic mass is 16.5. The van der Waals surface area contributed by atoms with Crippen LogP contribution in [0.2, 0.25) is 0 Å². The highest BCUT2D eigenvalue weighted by Gasteiger charge is 2.36. The second kappa shape index (κ2) is 9.35. The fourth-order valence-electron chi connectivity index (χ4n) is 3.37. The largest absolute Gasteiger partial charge is 0.454 e. The molecule has 30 heavy (non-hydrogen) atoms. The van der Waals surface area contributed by atoms with Gasteiger partial charge in [0.15, 0.2) is 6.61 Å². The van der Waals surface area contributed by atoms with E-state index >= 15 is 0 Å². The number of amides is 3. The molecule has 1 aliphatic heterocycles. The third-order valence-corrected chi connectivity index (χ3v) is 4.77. The molecule has 0 bridgehead atoms. The van der Waals surface area contributed by atoms with Gasteiger partial charge in [0, 0.05) is 0 Å². The van der Waals surface area contributed by atoms with Gasteiger partial charge in [0.25, 0.3) is 17.7 Å². The van der Waals surface area contributed by atoms with Crippen molar-refractivity contribution < 1.29 is 23.9 Å². The summed E-state index contributed by atoms with van der Waals surface area (Å²) in [5.74, 6) is -2.00. The van der Waals surface area contributed by atoms with Gasteiger partial charge in [-0.3, -0.25) is 24.1 Å². The summed E-state index contributed by atoms with van der Waals surface area (Å²) in [7, 11) is 0. The van der Waals surface area contributed by atoms with Gasteiger partial charge in [0.1, 0.15) is 6.54 Å². The topological polar surface area (TPSA) is 92.8 Å². The van der Waals surface area contributed by atoms with Crippen LogP contribution in [0.5, 0.6) is 0 Å². The highest BCUT2D eigenvalue weighted by molar-refractivity contribution is 6.22. The van der Waals surface area contributed by atoms with Gasteiger partial charge in [-0.25, -0.2) is 0 Å². The number of nitrogens with zero attached hydrogens (tertiary/aromatic N) is 1. The third kappa shape index (κ3) is 4.92. The summed E-state index contributed by atoms with van der Waals surface area (Å²) in [6.07, 6.45) is 0.735. The van der Waals surface area contributed by atoms with E-state index in [1.54, 1.807) is 12.1 Å². The third-order valence-electron chi connectivity index (χ3n) is 4.77. The average Bonchev–Trinajstić information content (AvgIpc) is 2.97. The minimum absolute atomic E-state index is 0.200. The molecule has 3 rings (SSSR count). The summed E-state index contributed by atoms with van der Waals surface area (Å²) < 4.78 is 5.01. The van der Waals surface area contributed by atoms with Crippen molar-refractivity contribution in [1.82, 2.24) is 10.2 Å². The Morgan fingerprint density at radius 1 is 0.933 bits per heavy atom. The number of carbonyl (C=O) groups is 4. The molecule has 1 atom stereocenters. The lowest BCUT2D eigenvalue weighted by molar-refractivity contribution is -0.148. The SMILES string of the molecule is CC(C)CC(NC(=O)COC(=O)CN1C(=O)c2ccccc2C1=O)c1ccccc1. The van der Waals surface area contributed by atoms with Crippen LogP contribution < -0.4 is 5.32 Å². The van der Waals surface area contributed by atoms with E-state index in [2.05, 4.69) is 19.2 Å². The maximum Gasteiger partial charge on any atom is 0.326 e. The zero-order valence-corrected chi connectivity index (χ0v) is 17.0. The molecule has 2 aromatic rings. The van der Waals surface area contributed by atoms with E-state index in [4.69, 9.17) is 4.74 Å².